The van der Waals surface area contributed by atoms with Crippen molar-refractivity contribution in [2.75, 3.05) is 33.6 Å². The van der Waals surface area contributed by atoms with Gasteiger partial charge in [0.25, 0.3) is 5.91 Å². The first-order chi connectivity index (χ1) is 13.8. The second kappa shape index (κ2) is 8.52. The minimum absolute atomic E-state index is 0.0138. The number of nitrogens with two attached hydrogens (primary N) is 1. The van der Waals surface area contributed by atoms with Crippen LogP contribution in [0.1, 0.15) is 21.3 Å². The summed E-state index contributed by atoms with van der Waals surface area (Å²) in [5.41, 5.74) is 6.17. The zero-order valence-electron chi connectivity index (χ0n) is 16.2. The van der Waals surface area contributed by atoms with Crippen molar-refractivity contribution in [1.29, 1.82) is 0 Å². The first-order valence-electron chi connectivity index (χ1n) is 8.66. The summed E-state index contributed by atoms with van der Waals surface area (Å²) in [4.78, 5) is 11.7. The molecule has 1 fully saturated rings. The third-order valence-electron chi connectivity index (χ3n) is 4.58. The molecule has 8 nitrogen and oxygen atoms in total. The predicted molar refractivity (Wildman–Crippen MR) is 110 cm³/mol. The Bertz CT molecular complexity index is 1030. The molecule has 0 radical (unpaired) electrons. The molecule has 3 rings (SSSR count). The van der Waals surface area contributed by atoms with E-state index in [0.717, 1.165) is 5.56 Å². The first-order valence-corrected chi connectivity index (χ1v) is 11.2. The van der Waals surface area contributed by atoms with E-state index < -0.39 is 21.3 Å². The second-order valence-electron chi connectivity index (χ2n) is 6.18. The Kier molecular flexibility index (Phi) is 6.25. The zero-order chi connectivity index (χ0) is 21.2. The van der Waals surface area contributed by atoms with E-state index in [0.29, 0.717) is 23.8 Å². The average Bonchev–Trinajstić information content (AvgIpc) is 3.23. The molecule has 1 saturated heterocycles. The lowest BCUT2D eigenvalue weighted by Gasteiger charge is -2.24. The van der Waals surface area contributed by atoms with Crippen molar-refractivity contribution in [1.82, 2.24) is 4.31 Å². The molecule has 156 valence electrons. The summed E-state index contributed by atoms with van der Waals surface area (Å²) >= 11 is 1.51. The molecule has 1 aliphatic heterocycles. The van der Waals surface area contributed by atoms with Gasteiger partial charge in [0.1, 0.15) is 5.75 Å². The number of sulfonamides is 1. The molecular formula is C19H22N2O6S2. The Morgan fingerprint density at radius 1 is 1.03 bits per heavy atom. The van der Waals surface area contributed by atoms with Crippen molar-refractivity contribution < 1.29 is 27.4 Å². The summed E-state index contributed by atoms with van der Waals surface area (Å²) in [6.07, 6.45) is 0. The Morgan fingerprint density at radius 3 is 2.31 bits per heavy atom. The largest absolute Gasteiger partial charge is 0.496 e. The zero-order valence-corrected chi connectivity index (χ0v) is 17.9. The van der Waals surface area contributed by atoms with Gasteiger partial charge in [0.15, 0.2) is 11.5 Å². The van der Waals surface area contributed by atoms with Crippen LogP contribution in [0.5, 0.6) is 17.2 Å². The van der Waals surface area contributed by atoms with Crippen LogP contribution in [0, 0.1) is 0 Å². The molecule has 2 N–H and O–H groups in total. The van der Waals surface area contributed by atoms with Crippen LogP contribution >= 0.6 is 11.8 Å². The lowest BCUT2D eigenvalue weighted by Crippen LogP contribution is -2.31. The summed E-state index contributed by atoms with van der Waals surface area (Å²) < 4.78 is 43.8. The van der Waals surface area contributed by atoms with Crippen molar-refractivity contribution in [2.45, 2.75) is 10.3 Å². The van der Waals surface area contributed by atoms with Gasteiger partial charge in [-0.3, -0.25) is 4.79 Å². The van der Waals surface area contributed by atoms with Crippen molar-refractivity contribution >= 4 is 27.7 Å². The van der Waals surface area contributed by atoms with E-state index in [1.807, 2.05) is 6.07 Å². The normalized spacial score (nSPS) is 17.1. The van der Waals surface area contributed by atoms with Gasteiger partial charge in [-0.1, -0.05) is 6.07 Å². The Hall–Kier alpha value is -2.43. The fraction of sp³-hybridized carbons (Fsp3) is 0.316. The molecular weight excluding hydrogens is 416 g/mol. The highest BCUT2D eigenvalue weighted by Gasteiger charge is 2.37. The summed E-state index contributed by atoms with van der Waals surface area (Å²) in [5.74, 6) is 1.19. The third kappa shape index (κ3) is 4.00. The molecule has 1 amide bonds. The van der Waals surface area contributed by atoms with Crippen LogP contribution in [-0.4, -0.2) is 52.3 Å². The number of hydrogen-bond acceptors (Lipinski definition) is 7. The quantitative estimate of drug-likeness (QED) is 0.706. The summed E-state index contributed by atoms with van der Waals surface area (Å²) in [5, 5.41) is -0.432. The molecule has 0 bridgehead atoms. The first kappa shape index (κ1) is 21.3. The van der Waals surface area contributed by atoms with E-state index in [4.69, 9.17) is 19.9 Å². The molecule has 29 heavy (non-hydrogen) atoms. The Labute approximate surface area is 174 Å². The molecule has 2 aromatic rings. The third-order valence-corrected chi connectivity index (χ3v) is 7.84. The predicted octanol–water partition coefficient (Wildman–Crippen LogP) is 2.25. The van der Waals surface area contributed by atoms with Crippen molar-refractivity contribution in [3.63, 3.8) is 0 Å². The summed E-state index contributed by atoms with van der Waals surface area (Å²) in [6, 6.07) is 9.43. The number of amides is 1. The van der Waals surface area contributed by atoms with Gasteiger partial charge in [-0.25, -0.2) is 8.42 Å². The highest BCUT2D eigenvalue weighted by atomic mass is 32.2. The number of carbonyl (C=O) groups is 1. The highest BCUT2D eigenvalue weighted by Crippen LogP contribution is 2.43. The molecule has 1 unspecified atom stereocenters. The van der Waals surface area contributed by atoms with Gasteiger partial charge < -0.3 is 19.9 Å². The van der Waals surface area contributed by atoms with Crippen molar-refractivity contribution in [3.8, 4) is 17.2 Å². The van der Waals surface area contributed by atoms with Crippen LogP contribution in [0.2, 0.25) is 0 Å². The SMILES string of the molecule is COc1ccc(C2SCCN2S(=O)(=O)c2ccc(OC)c(C(N)=O)c2)cc1OC. The maximum atomic E-state index is 13.3. The van der Waals surface area contributed by atoms with Crippen LogP contribution < -0.4 is 19.9 Å². The Morgan fingerprint density at radius 2 is 1.69 bits per heavy atom. The second-order valence-corrected chi connectivity index (χ2v) is 9.26. The summed E-state index contributed by atoms with van der Waals surface area (Å²) in [6.45, 7) is 0.337. The smallest absolute Gasteiger partial charge is 0.252 e. The fourth-order valence-corrected chi connectivity index (χ4v) is 6.40. The molecule has 0 aromatic heterocycles. The standard InChI is InChI=1S/C19H22N2O6S2/c1-25-15-7-5-13(11-14(15)18(20)22)29(23,24)21-8-9-28-19(21)12-4-6-16(26-2)17(10-12)27-3/h4-7,10-11,19H,8-9H2,1-3H3,(H2,20,22). The lowest BCUT2D eigenvalue weighted by molar-refractivity contribution is 0.0997. The molecule has 0 aliphatic carbocycles. The number of methoxy groups -OCH3 is 3. The summed E-state index contributed by atoms with van der Waals surface area (Å²) in [7, 11) is 0.583. The molecule has 1 heterocycles. The highest BCUT2D eigenvalue weighted by molar-refractivity contribution is 8.01. The topological polar surface area (TPSA) is 108 Å². The van der Waals surface area contributed by atoms with Gasteiger partial charge >= 0.3 is 0 Å². The van der Waals surface area contributed by atoms with Gasteiger partial charge in [0, 0.05) is 12.3 Å². The van der Waals surface area contributed by atoms with Crippen LogP contribution in [0.3, 0.4) is 0 Å². The molecule has 2 aromatic carbocycles. The van der Waals surface area contributed by atoms with Crippen LogP contribution in [0.4, 0.5) is 0 Å². The number of primary amides is 1. The van der Waals surface area contributed by atoms with Crippen LogP contribution in [0.15, 0.2) is 41.3 Å². The lowest BCUT2D eigenvalue weighted by atomic mass is 10.2. The molecule has 10 heteroatoms. The van der Waals surface area contributed by atoms with E-state index in [1.165, 1.54) is 48.5 Å². The molecule has 0 saturated carbocycles. The number of hydrogen-bond donors (Lipinski definition) is 1. The van der Waals surface area contributed by atoms with Gasteiger partial charge in [-0.2, -0.15) is 4.31 Å². The monoisotopic (exact) mass is 438 g/mol. The average molecular weight is 439 g/mol. The van der Waals surface area contributed by atoms with E-state index >= 15 is 0 Å². The van der Waals surface area contributed by atoms with Crippen molar-refractivity contribution in [3.05, 3.63) is 47.5 Å². The number of rotatable bonds is 7. The van der Waals surface area contributed by atoms with E-state index in [2.05, 4.69) is 0 Å². The van der Waals surface area contributed by atoms with E-state index in [-0.39, 0.29) is 16.2 Å². The number of carbonyl (C=O) groups excluding carboxylic acids is 1. The Balaban J connectivity index is 2.01. The number of ether oxygens (including phenoxy) is 3. The van der Waals surface area contributed by atoms with E-state index in [9.17, 15) is 13.2 Å². The molecule has 1 aliphatic rings. The maximum Gasteiger partial charge on any atom is 0.252 e. The van der Waals surface area contributed by atoms with E-state index in [1.54, 1.807) is 19.2 Å². The minimum atomic E-state index is -3.88. The molecule has 0 spiro atoms. The number of nitrogens with zero attached hydrogens (tertiary/aromatic N) is 1. The van der Waals surface area contributed by atoms with Gasteiger partial charge in [-0.05, 0) is 35.9 Å². The number of thioether (sulfide) groups is 1. The number of benzene rings is 2. The van der Waals surface area contributed by atoms with Gasteiger partial charge in [0.05, 0.1) is 37.2 Å². The van der Waals surface area contributed by atoms with Gasteiger partial charge in [0.2, 0.25) is 10.0 Å². The maximum absolute atomic E-state index is 13.3. The van der Waals surface area contributed by atoms with Gasteiger partial charge in [-0.15, -0.1) is 11.8 Å². The van der Waals surface area contributed by atoms with Crippen LogP contribution in [0.25, 0.3) is 0 Å². The van der Waals surface area contributed by atoms with Crippen LogP contribution in [-0.2, 0) is 10.0 Å². The minimum Gasteiger partial charge on any atom is -0.496 e. The fourth-order valence-electron chi connectivity index (χ4n) is 3.15. The van der Waals surface area contributed by atoms with Crippen molar-refractivity contribution in [2.24, 2.45) is 5.73 Å². The molecule has 1 atom stereocenters.